The van der Waals surface area contributed by atoms with Crippen LogP contribution in [0.5, 0.6) is 0 Å². The van der Waals surface area contributed by atoms with Crippen molar-refractivity contribution in [3.63, 3.8) is 0 Å². The summed E-state index contributed by atoms with van der Waals surface area (Å²) in [6.45, 7) is 3.34. The van der Waals surface area contributed by atoms with Crippen LogP contribution >= 0.6 is 0 Å². The summed E-state index contributed by atoms with van der Waals surface area (Å²) < 4.78 is 0. The van der Waals surface area contributed by atoms with Crippen LogP contribution in [0.25, 0.3) is 0 Å². The number of rotatable bonds is 3. The summed E-state index contributed by atoms with van der Waals surface area (Å²) in [4.78, 5) is 14.4. The van der Waals surface area contributed by atoms with E-state index in [1.165, 1.54) is 12.8 Å². The molecule has 1 amide bonds. The first-order valence-electron chi connectivity index (χ1n) is 6.98. The molecule has 1 saturated heterocycles. The number of benzene rings is 1. The topological polar surface area (TPSA) is 35.9 Å². The molecule has 0 N–H and O–H groups in total. The predicted octanol–water partition coefficient (Wildman–Crippen LogP) is 1.72. The number of amides is 1. The first-order chi connectivity index (χ1) is 9.33. The Morgan fingerprint density at radius 1 is 1.11 bits per heavy atom. The van der Waals surface area contributed by atoms with Gasteiger partial charge < -0.3 is 0 Å². The number of hydrazone groups is 1. The molecule has 2 aliphatic heterocycles. The van der Waals surface area contributed by atoms with Crippen molar-refractivity contribution in [3.05, 3.63) is 35.9 Å². The minimum Gasteiger partial charge on any atom is -0.294 e. The summed E-state index contributed by atoms with van der Waals surface area (Å²) in [5.74, 6) is 0.132. The van der Waals surface area contributed by atoms with E-state index in [0.717, 1.165) is 37.3 Å². The van der Waals surface area contributed by atoms with Gasteiger partial charge in [-0.15, -0.1) is 0 Å². The van der Waals surface area contributed by atoms with Crippen LogP contribution in [-0.4, -0.2) is 47.7 Å². The molecule has 0 bridgehead atoms. The van der Waals surface area contributed by atoms with Crippen molar-refractivity contribution < 1.29 is 4.79 Å². The summed E-state index contributed by atoms with van der Waals surface area (Å²) in [6.07, 6.45) is 3.29. The van der Waals surface area contributed by atoms with E-state index in [4.69, 9.17) is 0 Å². The van der Waals surface area contributed by atoms with Gasteiger partial charge in [-0.25, -0.2) is 5.01 Å². The van der Waals surface area contributed by atoms with Gasteiger partial charge in [-0.05, 0) is 31.5 Å². The normalized spacial score (nSPS) is 19.8. The fourth-order valence-corrected chi connectivity index (χ4v) is 2.68. The van der Waals surface area contributed by atoms with Crippen molar-refractivity contribution in [1.82, 2.24) is 9.91 Å². The molecule has 100 valence electrons. The van der Waals surface area contributed by atoms with Gasteiger partial charge in [-0.1, -0.05) is 30.3 Å². The molecule has 1 aromatic carbocycles. The van der Waals surface area contributed by atoms with Crippen molar-refractivity contribution in [3.8, 4) is 0 Å². The third-order valence-corrected chi connectivity index (χ3v) is 3.75. The maximum absolute atomic E-state index is 12.2. The average molecular weight is 257 g/mol. The van der Waals surface area contributed by atoms with Crippen LogP contribution in [0.2, 0.25) is 0 Å². The number of hydrogen-bond acceptors (Lipinski definition) is 3. The van der Waals surface area contributed by atoms with E-state index in [1.807, 2.05) is 30.3 Å². The molecule has 1 aromatic rings. The van der Waals surface area contributed by atoms with Crippen molar-refractivity contribution in [1.29, 1.82) is 0 Å². The van der Waals surface area contributed by atoms with Crippen LogP contribution in [0.15, 0.2) is 35.4 Å². The van der Waals surface area contributed by atoms with Gasteiger partial charge in [0.1, 0.15) is 0 Å². The van der Waals surface area contributed by atoms with Crippen LogP contribution in [0.4, 0.5) is 0 Å². The zero-order chi connectivity index (χ0) is 13.1. The largest absolute Gasteiger partial charge is 0.294 e. The van der Waals surface area contributed by atoms with E-state index in [0.29, 0.717) is 6.54 Å². The Morgan fingerprint density at radius 3 is 2.58 bits per heavy atom. The Morgan fingerprint density at radius 2 is 1.84 bits per heavy atom. The molecule has 4 nitrogen and oxygen atoms in total. The molecule has 4 heteroatoms. The number of carbonyl (C=O) groups is 1. The summed E-state index contributed by atoms with van der Waals surface area (Å²) in [5.41, 5.74) is 2.15. The number of carbonyl (C=O) groups excluding carboxylic acids is 1. The van der Waals surface area contributed by atoms with E-state index >= 15 is 0 Å². The van der Waals surface area contributed by atoms with Crippen LogP contribution in [0.1, 0.15) is 24.8 Å². The van der Waals surface area contributed by atoms with Gasteiger partial charge in [0.2, 0.25) is 0 Å². The fourth-order valence-electron chi connectivity index (χ4n) is 2.68. The van der Waals surface area contributed by atoms with Crippen molar-refractivity contribution >= 4 is 11.6 Å². The Labute approximate surface area is 113 Å². The predicted molar refractivity (Wildman–Crippen MR) is 75.0 cm³/mol. The number of likely N-dealkylation sites (tertiary alicyclic amines) is 1. The second-order valence-electron chi connectivity index (χ2n) is 5.16. The molecule has 0 aromatic heterocycles. The highest BCUT2D eigenvalue weighted by Gasteiger charge is 2.24. The lowest BCUT2D eigenvalue weighted by molar-refractivity contribution is -0.131. The Kier molecular flexibility index (Phi) is 3.60. The van der Waals surface area contributed by atoms with Crippen LogP contribution in [-0.2, 0) is 4.79 Å². The van der Waals surface area contributed by atoms with Gasteiger partial charge in [0, 0.05) is 6.42 Å². The van der Waals surface area contributed by atoms with E-state index in [1.54, 1.807) is 5.01 Å². The Hall–Kier alpha value is -1.68. The fraction of sp³-hybridized carbons (Fsp3) is 0.467. The van der Waals surface area contributed by atoms with Crippen LogP contribution < -0.4 is 0 Å². The summed E-state index contributed by atoms with van der Waals surface area (Å²) in [6, 6.07) is 10.1. The van der Waals surface area contributed by atoms with E-state index in [9.17, 15) is 4.79 Å². The van der Waals surface area contributed by atoms with Gasteiger partial charge in [-0.2, -0.15) is 5.10 Å². The minimum atomic E-state index is 0.132. The highest BCUT2D eigenvalue weighted by atomic mass is 16.2. The van der Waals surface area contributed by atoms with Gasteiger partial charge in [0.25, 0.3) is 5.91 Å². The quantitative estimate of drug-likeness (QED) is 0.826. The number of hydrogen-bond donors (Lipinski definition) is 0. The molecule has 0 spiro atoms. The van der Waals surface area contributed by atoms with E-state index in [-0.39, 0.29) is 5.91 Å². The standard InChI is InChI=1S/C15H19N3O/c19-15(12-17-9-4-5-10-17)18-11-8-14(16-18)13-6-2-1-3-7-13/h1-3,6-7H,4-5,8-12H2. The smallest absolute Gasteiger partial charge is 0.256 e. The third-order valence-electron chi connectivity index (χ3n) is 3.75. The van der Waals surface area contributed by atoms with Gasteiger partial charge in [0.15, 0.2) is 0 Å². The molecule has 0 unspecified atom stereocenters. The molecule has 0 atom stereocenters. The molecule has 0 saturated carbocycles. The third kappa shape index (κ3) is 2.84. The molecule has 0 aliphatic carbocycles. The first kappa shape index (κ1) is 12.4. The van der Waals surface area contributed by atoms with E-state index in [2.05, 4.69) is 10.0 Å². The summed E-state index contributed by atoms with van der Waals surface area (Å²) in [5, 5.41) is 6.11. The molecule has 3 rings (SSSR count). The zero-order valence-electron chi connectivity index (χ0n) is 11.1. The second-order valence-corrected chi connectivity index (χ2v) is 5.16. The van der Waals surface area contributed by atoms with Crippen molar-refractivity contribution in [2.24, 2.45) is 5.10 Å². The first-order valence-corrected chi connectivity index (χ1v) is 6.98. The maximum Gasteiger partial charge on any atom is 0.256 e. The molecular weight excluding hydrogens is 238 g/mol. The van der Waals surface area contributed by atoms with Gasteiger partial charge >= 0.3 is 0 Å². The van der Waals surface area contributed by atoms with E-state index < -0.39 is 0 Å². The molecular formula is C15H19N3O. The monoisotopic (exact) mass is 257 g/mol. The summed E-state index contributed by atoms with van der Waals surface area (Å²) in [7, 11) is 0. The minimum absolute atomic E-state index is 0.132. The molecule has 2 aliphatic rings. The lowest BCUT2D eigenvalue weighted by Gasteiger charge is -2.17. The van der Waals surface area contributed by atoms with Gasteiger partial charge in [0.05, 0.1) is 18.8 Å². The second kappa shape index (κ2) is 5.53. The Bertz CT molecular complexity index is 477. The lowest BCUT2D eigenvalue weighted by Crippen LogP contribution is -2.35. The highest BCUT2D eigenvalue weighted by Crippen LogP contribution is 2.15. The highest BCUT2D eigenvalue weighted by molar-refractivity contribution is 6.02. The zero-order valence-corrected chi connectivity index (χ0v) is 11.1. The lowest BCUT2D eigenvalue weighted by atomic mass is 10.1. The van der Waals surface area contributed by atoms with Crippen molar-refractivity contribution in [2.75, 3.05) is 26.2 Å². The SMILES string of the molecule is O=C(CN1CCCC1)N1CCC(c2ccccc2)=N1. The maximum atomic E-state index is 12.2. The van der Waals surface area contributed by atoms with Crippen LogP contribution in [0, 0.1) is 0 Å². The molecule has 1 fully saturated rings. The molecule has 2 heterocycles. The molecule has 19 heavy (non-hydrogen) atoms. The Balaban J connectivity index is 1.63. The summed E-state index contributed by atoms with van der Waals surface area (Å²) >= 11 is 0. The van der Waals surface area contributed by atoms with Gasteiger partial charge in [-0.3, -0.25) is 9.69 Å². The number of nitrogens with zero attached hydrogens (tertiary/aromatic N) is 3. The molecule has 0 radical (unpaired) electrons. The average Bonchev–Trinajstić information content (AvgIpc) is 3.10. The van der Waals surface area contributed by atoms with Crippen LogP contribution in [0.3, 0.4) is 0 Å². The van der Waals surface area contributed by atoms with Crippen molar-refractivity contribution in [2.45, 2.75) is 19.3 Å².